The van der Waals surface area contributed by atoms with Gasteiger partial charge in [0.1, 0.15) is 18.2 Å². The van der Waals surface area contributed by atoms with E-state index in [0.717, 1.165) is 16.0 Å². The number of benzene rings is 2. The van der Waals surface area contributed by atoms with Crippen molar-refractivity contribution in [3.63, 3.8) is 0 Å². The van der Waals surface area contributed by atoms with E-state index in [-0.39, 0.29) is 11.5 Å². The lowest BCUT2D eigenvalue weighted by molar-refractivity contribution is -0.129. The molecule has 0 aliphatic carbocycles. The van der Waals surface area contributed by atoms with Gasteiger partial charge in [0.05, 0.1) is 4.88 Å². The van der Waals surface area contributed by atoms with Crippen LogP contribution in [-0.4, -0.2) is 11.9 Å². The van der Waals surface area contributed by atoms with Crippen LogP contribution >= 0.6 is 11.3 Å². The molecule has 1 aliphatic rings. The van der Waals surface area contributed by atoms with E-state index in [4.69, 9.17) is 9.47 Å². The largest absolute Gasteiger partial charge is 0.489 e. The Morgan fingerprint density at radius 2 is 1.85 bits per heavy atom. The summed E-state index contributed by atoms with van der Waals surface area (Å²) in [4.78, 5) is 17.1. The van der Waals surface area contributed by atoms with Gasteiger partial charge in [-0.25, -0.2) is 14.2 Å². The molecule has 4 rings (SSSR count). The maximum absolute atomic E-state index is 12.9. The molecule has 6 heteroatoms. The van der Waals surface area contributed by atoms with E-state index in [0.29, 0.717) is 18.3 Å². The van der Waals surface area contributed by atoms with Gasteiger partial charge in [0, 0.05) is 0 Å². The molecule has 1 aromatic heterocycles. The molecule has 2 aromatic carbocycles. The van der Waals surface area contributed by atoms with Gasteiger partial charge in [-0.1, -0.05) is 30.3 Å². The SMILES string of the molecule is O=C1OC(c2cccs2)=N/C1=C/c1ccc(OCc2ccc(F)cc2)cc1. The van der Waals surface area contributed by atoms with Gasteiger partial charge in [0.15, 0.2) is 5.70 Å². The number of aliphatic imine (C=N–C) groups is 1. The average molecular weight is 379 g/mol. The van der Waals surface area contributed by atoms with Crippen LogP contribution in [0.2, 0.25) is 0 Å². The van der Waals surface area contributed by atoms with Crippen molar-refractivity contribution in [3.05, 3.63) is 93.6 Å². The average Bonchev–Trinajstić information content (AvgIpc) is 3.33. The van der Waals surface area contributed by atoms with Crippen molar-refractivity contribution in [1.29, 1.82) is 0 Å². The van der Waals surface area contributed by atoms with Crippen LogP contribution in [0.4, 0.5) is 4.39 Å². The third-order valence-corrected chi connectivity index (χ3v) is 4.71. The zero-order chi connectivity index (χ0) is 18.6. The molecule has 0 saturated carbocycles. The standard InChI is InChI=1S/C21H14FNO3S/c22-16-7-3-15(4-8-16)13-25-17-9-5-14(6-10-17)12-18-21(24)26-20(23-18)19-2-1-11-27-19/h1-12H,13H2/b18-12+. The maximum atomic E-state index is 12.9. The molecule has 0 unspecified atom stereocenters. The Morgan fingerprint density at radius 3 is 2.56 bits per heavy atom. The van der Waals surface area contributed by atoms with Crippen LogP contribution in [0.15, 0.2) is 76.7 Å². The van der Waals surface area contributed by atoms with Crippen LogP contribution in [-0.2, 0) is 16.1 Å². The Labute approximate surface area is 159 Å². The zero-order valence-electron chi connectivity index (χ0n) is 14.1. The summed E-state index contributed by atoms with van der Waals surface area (Å²) in [5, 5.41) is 1.90. The highest BCUT2D eigenvalue weighted by Crippen LogP contribution is 2.22. The number of halogens is 1. The topological polar surface area (TPSA) is 47.9 Å². The summed E-state index contributed by atoms with van der Waals surface area (Å²) in [5.74, 6) is 0.278. The molecule has 0 N–H and O–H groups in total. The van der Waals surface area contributed by atoms with Crippen LogP contribution in [0.5, 0.6) is 5.75 Å². The molecule has 2 heterocycles. The number of ether oxygens (including phenoxy) is 2. The van der Waals surface area contributed by atoms with Gasteiger partial charge in [-0.05, 0) is 52.9 Å². The molecule has 3 aromatic rings. The predicted octanol–water partition coefficient (Wildman–Crippen LogP) is 4.81. The summed E-state index contributed by atoms with van der Waals surface area (Å²) in [6.07, 6.45) is 1.67. The van der Waals surface area contributed by atoms with Gasteiger partial charge < -0.3 is 9.47 Å². The summed E-state index contributed by atoms with van der Waals surface area (Å²) in [6.45, 7) is 0.349. The summed E-state index contributed by atoms with van der Waals surface area (Å²) >= 11 is 1.46. The Balaban J connectivity index is 1.43. The second-order valence-corrected chi connectivity index (χ2v) is 6.75. The minimum atomic E-state index is -0.463. The molecule has 0 amide bonds. The number of carbonyl (C=O) groups is 1. The molecular formula is C21H14FNO3S. The van der Waals surface area contributed by atoms with Crippen LogP contribution in [0.25, 0.3) is 6.08 Å². The fourth-order valence-electron chi connectivity index (χ4n) is 2.48. The normalized spacial score (nSPS) is 14.9. The second-order valence-electron chi connectivity index (χ2n) is 5.80. The maximum Gasteiger partial charge on any atom is 0.363 e. The monoisotopic (exact) mass is 379 g/mol. The molecule has 4 nitrogen and oxygen atoms in total. The van der Waals surface area contributed by atoms with E-state index >= 15 is 0 Å². The van der Waals surface area contributed by atoms with Gasteiger partial charge in [0.25, 0.3) is 0 Å². The number of esters is 1. The van der Waals surface area contributed by atoms with Crippen molar-refractivity contribution >= 4 is 29.3 Å². The summed E-state index contributed by atoms with van der Waals surface area (Å²) in [7, 11) is 0. The summed E-state index contributed by atoms with van der Waals surface area (Å²) in [6, 6.07) is 17.2. The fraction of sp³-hybridized carbons (Fsp3) is 0.0476. The van der Waals surface area contributed by atoms with Gasteiger partial charge in [-0.2, -0.15) is 0 Å². The molecule has 0 radical (unpaired) electrons. The fourth-order valence-corrected chi connectivity index (χ4v) is 3.13. The van der Waals surface area contributed by atoms with Gasteiger partial charge in [0.2, 0.25) is 5.90 Å². The zero-order valence-corrected chi connectivity index (χ0v) is 14.9. The van der Waals surface area contributed by atoms with E-state index in [9.17, 15) is 9.18 Å². The highest BCUT2D eigenvalue weighted by Gasteiger charge is 2.24. The third-order valence-electron chi connectivity index (χ3n) is 3.85. The number of nitrogens with zero attached hydrogens (tertiary/aromatic N) is 1. The first-order valence-electron chi connectivity index (χ1n) is 8.21. The first-order valence-corrected chi connectivity index (χ1v) is 9.09. The van der Waals surface area contributed by atoms with E-state index in [1.54, 1.807) is 30.3 Å². The molecule has 0 spiro atoms. The lowest BCUT2D eigenvalue weighted by Crippen LogP contribution is -2.03. The number of cyclic esters (lactones) is 1. The molecule has 0 atom stereocenters. The Bertz CT molecular complexity index is 1010. The van der Waals surface area contributed by atoms with Gasteiger partial charge in [-0.3, -0.25) is 0 Å². The second kappa shape index (κ2) is 7.55. The van der Waals surface area contributed by atoms with Crippen molar-refractivity contribution in [1.82, 2.24) is 0 Å². The lowest BCUT2D eigenvalue weighted by atomic mass is 10.2. The molecule has 0 fully saturated rings. The minimum Gasteiger partial charge on any atom is -0.489 e. The quantitative estimate of drug-likeness (QED) is 0.472. The van der Waals surface area contributed by atoms with Crippen molar-refractivity contribution in [2.24, 2.45) is 4.99 Å². The van der Waals surface area contributed by atoms with E-state index in [2.05, 4.69) is 4.99 Å². The predicted molar refractivity (Wildman–Crippen MR) is 102 cm³/mol. The van der Waals surface area contributed by atoms with Crippen LogP contribution in [0, 0.1) is 5.82 Å². The number of hydrogen-bond donors (Lipinski definition) is 0. The molecule has 0 bridgehead atoms. The van der Waals surface area contributed by atoms with E-state index in [1.807, 2.05) is 29.6 Å². The third kappa shape index (κ3) is 4.12. The van der Waals surface area contributed by atoms with E-state index < -0.39 is 5.97 Å². The molecular weight excluding hydrogens is 365 g/mol. The summed E-state index contributed by atoms with van der Waals surface area (Å²) < 4.78 is 23.8. The van der Waals surface area contributed by atoms with Crippen LogP contribution in [0.1, 0.15) is 16.0 Å². The van der Waals surface area contributed by atoms with Gasteiger partial charge in [-0.15, -0.1) is 11.3 Å². The summed E-state index contributed by atoms with van der Waals surface area (Å²) in [5.41, 5.74) is 1.96. The van der Waals surface area contributed by atoms with Crippen molar-refractivity contribution in [2.45, 2.75) is 6.61 Å². The Hall–Kier alpha value is -3.25. The lowest BCUT2D eigenvalue weighted by Gasteiger charge is -2.06. The molecule has 0 saturated heterocycles. The smallest absolute Gasteiger partial charge is 0.363 e. The highest BCUT2D eigenvalue weighted by atomic mass is 32.1. The van der Waals surface area contributed by atoms with Gasteiger partial charge >= 0.3 is 5.97 Å². The number of thiophene rings is 1. The number of carbonyl (C=O) groups excluding carboxylic acids is 1. The molecule has 1 aliphatic heterocycles. The molecule has 134 valence electrons. The van der Waals surface area contributed by atoms with Crippen molar-refractivity contribution < 1.29 is 18.7 Å². The Kier molecular flexibility index (Phi) is 4.80. The van der Waals surface area contributed by atoms with Crippen LogP contribution in [0.3, 0.4) is 0 Å². The number of rotatable bonds is 5. The van der Waals surface area contributed by atoms with Crippen molar-refractivity contribution in [2.75, 3.05) is 0 Å². The minimum absolute atomic E-state index is 0.262. The number of hydrogen-bond acceptors (Lipinski definition) is 5. The highest BCUT2D eigenvalue weighted by molar-refractivity contribution is 7.12. The van der Waals surface area contributed by atoms with E-state index in [1.165, 1.54) is 23.5 Å². The van der Waals surface area contributed by atoms with Crippen LogP contribution < -0.4 is 4.74 Å². The Morgan fingerprint density at radius 1 is 1.07 bits per heavy atom. The first-order chi connectivity index (χ1) is 13.2. The molecule has 27 heavy (non-hydrogen) atoms. The van der Waals surface area contributed by atoms with Crippen molar-refractivity contribution in [3.8, 4) is 5.75 Å². The first kappa shape index (κ1) is 17.2.